The summed E-state index contributed by atoms with van der Waals surface area (Å²) in [5, 5.41) is 2.91. The molecule has 1 N–H and O–H groups in total. The molecule has 6 heteroatoms. The first-order chi connectivity index (χ1) is 11.1. The van der Waals surface area contributed by atoms with Gasteiger partial charge in [-0.3, -0.25) is 4.79 Å². The SMILES string of the molecule is Cc1ccc(NC(=O)C2CCN(c3cc(C)ncn3)CC2)nc1. The summed E-state index contributed by atoms with van der Waals surface area (Å²) in [7, 11) is 0. The van der Waals surface area contributed by atoms with E-state index in [2.05, 4.69) is 25.2 Å². The molecule has 1 fully saturated rings. The molecule has 6 nitrogen and oxygen atoms in total. The highest BCUT2D eigenvalue weighted by Crippen LogP contribution is 2.23. The summed E-state index contributed by atoms with van der Waals surface area (Å²) in [5.74, 6) is 1.64. The van der Waals surface area contributed by atoms with E-state index in [0.717, 1.165) is 43.0 Å². The van der Waals surface area contributed by atoms with Gasteiger partial charge in [0.2, 0.25) is 5.91 Å². The van der Waals surface area contributed by atoms with Crippen LogP contribution < -0.4 is 10.2 Å². The van der Waals surface area contributed by atoms with Crippen LogP contribution >= 0.6 is 0 Å². The Labute approximate surface area is 136 Å². The molecule has 0 spiro atoms. The Kier molecular flexibility index (Phi) is 4.50. The third kappa shape index (κ3) is 3.83. The molecule has 0 radical (unpaired) electrons. The smallest absolute Gasteiger partial charge is 0.228 e. The minimum Gasteiger partial charge on any atom is -0.356 e. The van der Waals surface area contributed by atoms with Crippen molar-refractivity contribution in [1.82, 2.24) is 15.0 Å². The number of carbonyl (C=O) groups excluding carboxylic acids is 1. The van der Waals surface area contributed by atoms with Crippen molar-refractivity contribution in [2.45, 2.75) is 26.7 Å². The van der Waals surface area contributed by atoms with Crippen LogP contribution in [0, 0.1) is 19.8 Å². The summed E-state index contributed by atoms with van der Waals surface area (Å²) in [6.07, 6.45) is 4.99. The van der Waals surface area contributed by atoms with Crippen molar-refractivity contribution in [1.29, 1.82) is 0 Å². The minimum absolute atomic E-state index is 0.0253. The number of anilines is 2. The van der Waals surface area contributed by atoms with Crippen molar-refractivity contribution in [3.8, 4) is 0 Å². The number of pyridine rings is 1. The van der Waals surface area contributed by atoms with Gasteiger partial charge in [-0.2, -0.15) is 0 Å². The third-order valence-electron chi connectivity index (χ3n) is 4.14. The van der Waals surface area contributed by atoms with Crippen LogP contribution in [0.15, 0.2) is 30.7 Å². The predicted molar refractivity (Wildman–Crippen MR) is 89.3 cm³/mol. The van der Waals surface area contributed by atoms with Crippen LogP contribution in [0.4, 0.5) is 11.6 Å². The van der Waals surface area contributed by atoms with Crippen molar-refractivity contribution in [2.24, 2.45) is 5.92 Å². The summed E-state index contributed by atoms with van der Waals surface area (Å²) >= 11 is 0. The van der Waals surface area contributed by atoms with E-state index in [9.17, 15) is 4.79 Å². The second-order valence-corrected chi connectivity index (χ2v) is 5.99. The van der Waals surface area contributed by atoms with E-state index in [-0.39, 0.29) is 11.8 Å². The molecule has 3 rings (SSSR count). The average Bonchev–Trinajstić information content (AvgIpc) is 2.57. The Balaban J connectivity index is 1.56. The zero-order chi connectivity index (χ0) is 16.2. The van der Waals surface area contributed by atoms with E-state index in [0.29, 0.717) is 5.82 Å². The first-order valence-electron chi connectivity index (χ1n) is 7.89. The van der Waals surface area contributed by atoms with E-state index < -0.39 is 0 Å². The highest BCUT2D eigenvalue weighted by molar-refractivity contribution is 5.91. The monoisotopic (exact) mass is 311 g/mol. The number of carbonyl (C=O) groups is 1. The number of hydrogen-bond acceptors (Lipinski definition) is 5. The third-order valence-corrected chi connectivity index (χ3v) is 4.14. The maximum atomic E-state index is 12.4. The van der Waals surface area contributed by atoms with Gasteiger partial charge in [0.15, 0.2) is 0 Å². The fraction of sp³-hybridized carbons (Fsp3) is 0.412. The maximum absolute atomic E-state index is 12.4. The minimum atomic E-state index is 0.0253. The molecule has 23 heavy (non-hydrogen) atoms. The van der Waals surface area contributed by atoms with Crippen LogP contribution in [0.1, 0.15) is 24.1 Å². The maximum Gasteiger partial charge on any atom is 0.228 e. The molecule has 3 heterocycles. The molecule has 1 amide bonds. The van der Waals surface area contributed by atoms with Crippen LogP contribution in [0.3, 0.4) is 0 Å². The van der Waals surface area contributed by atoms with E-state index in [1.807, 2.05) is 32.0 Å². The second-order valence-electron chi connectivity index (χ2n) is 5.99. The van der Waals surface area contributed by atoms with Crippen molar-refractivity contribution in [2.75, 3.05) is 23.3 Å². The molecule has 0 aromatic carbocycles. The zero-order valence-corrected chi connectivity index (χ0v) is 13.5. The van der Waals surface area contributed by atoms with Gasteiger partial charge in [-0.05, 0) is 38.3 Å². The first kappa shape index (κ1) is 15.4. The lowest BCUT2D eigenvalue weighted by molar-refractivity contribution is -0.120. The molecule has 120 valence electrons. The van der Waals surface area contributed by atoms with Crippen molar-refractivity contribution in [3.05, 3.63) is 42.0 Å². The molecule has 0 saturated carbocycles. The standard InChI is InChI=1S/C17H21N5O/c1-12-3-4-15(18-10-12)21-17(23)14-5-7-22(8-6-14)16-9-13(2)19-11-20-16/h3-4,9-11,14H,5-8H2,1-2H3,(H,18,21,23). The number of aromatic nitrogens is 3. The Morgan fingerprint density at radius 1 is 1.17 bits per heavy atom. The summed E-state index contributed by atoms with van der Waals surface area (Å²) in [4.78, 5) is 27.2. The second kappa shape index (κ2) is 6.73. The molecular formula is C17H21N5O. The van der Waals surface area contributed by atoms with Gasteiger partial charge in [0.25, 0.3) is 0 Å². The van der Waals surface area contributed by atoms with Gasteiger partial charge in [0, 0.05) is 37.0 Å². The molecule has 1 aliphatic heterocycles. The number of aryl methyl sites for hydroxylation is 2. The van der Waals surface area contributed by atoms with Crippen LogP contribution in [0.2, 0.25) is 0 Å². The number of amides is 1. The van der Waals surface area contributed by atoms with E-state index >= 15 is 0 Å². The van der Waals surface area contributed by atoms with E-state index in [1.54, 1.807) is 12.5 Å². The van der Waals surface area contributed by atoms with Gasteiger partial charge < -0.3 is 10.2 Å². The van der Waals surface area contributed by atoms with Crippen LogP contribution in [-0.2, 0) is 4.79 Å². The van der Waals surface area contributed by atoms with Gasteiger partial charge in [-0.25, -0.2) is 15.0 Å². The number of piperidine rings is 1. The Hall–Kier alpha value is -2.50. The van der Waals surface area contributed by atoms with Gasteiger partial charge in [-0.1, -0.05) is 6.07 Å². The number of nitrogens with zero attached hydrogens (tertiary/aromatic N) is 4. The highest BCUT2D eigenvalue weighted by Gasteiger charge is 2.25. The molecule has 1 saturated heterocycles. The number of hydrogen-bond donors (Lipinski definition) is 1. The molecule has 1 aliphatic rings. The van der Waals surface area contributed by atoms with Crippen LogP contribution in [0.25, 0.3) is 0 Å². The number of rotatable bonds is 3. The van der Waals surface area contributed by atoms with Crippen molar-refractivity contribution in [3.63, 3.8) is 0 Å². The van der Waals surface area contributed by atoms with Gasteiger partial charge >= 0.3 is 0 Å². The zero-order valence-electron chi connectivity index (χ0n) is 13.5. The molecule has 0 aliphatic carbocycles. The fourth-order valence-electron chi connectivity index (χ4n) is 2.75. The van der Waals surface area contributed by atoms with Gasteiger partial charge in [0.05, 0.1) is 0 Å². The quantitative estimate of drug-likeness (QED) is 0.942. The molecule has 0 atom stereocenters. The van der Waals surface area contributed by atoms with Crippen molar-refractivity contribution < 1.29 is 4.79 Å². The molecule has 0 bridgehead atoms. The Morgan fingerprint density at radius 3 is 2.61 bits per heavy atom. The molecule has 2 aromatic heterocycles. The lowest BCUT2D eigenvalue weighted by Gasteiger charge is -2.32. The molecule has 0 unspecified atom stereocenters. The Bertz CT molecular complexity index is 678. The summed E-state index contributed by atoms with van der Waals surface area (Å²) in [6, 6.07) is 5.77. The lowest BCUT2D eigenvalue weighted by atomic mass is 9.96. The van der Waals surface area contributed by atoms with E-state index in [4.69, 9.17) is 0 Å². The average molecular weight is 311 g/mol. The summed E-state index contributed by atoms with van der Waals surface area (Å²) < 4.78 is 0. The molecule has 2 aromatic rings. The Morgan fingerprint density at radius 2 is 1.96 bits per heavy atom. The normalized spacial score (nSPS) is 15.5. The summed E-state index contributed by atoms with van der Waals surface area (Å²) in [6.45, 7) is 5.59. The largest absolute Gasteiger partial charge is 0.356 e. The summed E-state index contributed by atoms with van der Waals surface area (Å²) in [5.41, 5.74) is 2.04. The lowest BCUT2D eigenvalue weighted by Crippen LogP contribution is -2.38. The topological polar surface area (TPSA) is 71.0 Å². The molecular weight excluding hydrogens is 290 g/mol. The predicted octanol–water partition coefficient (Wildman–Crippen LogP) is 2.34. The van der Waals surface area contributed by atoms with Gasteiger partial charge in [-0.15, -0.1) is 0 Å². The number of nitrogens with one attached hydrogen (secondary N) is 1. The van der Waals surface area contributed by atoms with Gasteiger partial charge in [0.1, 0.15) is 18.0 Å². The van der Waals surface area contributed by atoms with Crippen LogP contribution in [-0.4, -0.2) is 33.9 Å². The van der Waals surface area contributed by atoms with Crippen molar-refractivity contribution >= 4 is 17.5 Å². The first-order valence-corrected chi connectivity index (χ1v) is 7.89. The van der Waals surface area contributed by atoms with Crippen LogP contribution in [0.5, 0.6) is 0 Å². The highest BCUT2D eigenvalue weighted by atomic mass is 16.1. The van der Waals surface area contributed by atoms with E-state index in [1.165, 1.54) is 0 Å². The fourth-order valence-corrected chi connectivity index (χ4v) is 2.75.